The summed E-state index contributed by atoms with van der Waals surface area (Å²) >= 11 is 6.12. The van der Waals surface area contributed by atoms with Crippen LogP contribution in [0.4, 0.5) is 5.69 Å². The fourth-order valence-electron chi connectivity index (χ4n) is 2.61. The molecule has 0 saturated carbocycles. The fourth-order valence-corrected chi connectivity index (χ4v) is 2.81. The standard InChI is InChI=1S/C14H19ClN2O/c1-9(2)12-7-4-8-17(12)14(18)10-5-3-6-11(16)13(10)15/h3,5-6,9,12H,4,7-8,16H2,1-2H3. The summed E-state index contributed by atoms with van der Waals surface area (Å²) in [6, 6.07) is 5.55. The number of benzene rings is 1. The third-order valence-electron chi connectivity index (χ3n) is 3.59. The number of carbonyl (C=O) groups excluding carboxylic acids is 1. The Morgan fingerprint density at radius 2 is 2.22 bits per heavy atom. The van der Waals surface area contributed by atoms with Gasteiger partial charge in [-0.15, -0.1) is 0 Å². The highest BCUT2D eigenvalue weighted by molar-refractivity contribution is 6.36. The number of amides is 1. The van der Waals surface area contributed by atoms with E-state index in [0.29, 0.717) is 28.2 Å². The van der Waals surface area contributed by atoms with E-state index in [1.807, 2.05) is 4.90 Å². The number of nitrogens with zero attached hydrogens (tertiary/aromatic N) is 1. The molecule has 2 N–H and O–H groups in total. The summed E-state index contributed by atoms with van der Waals surface area (Å²) in [7, 11) is 0. The molecule has 3 nitrogen and oxygen atoms in total. The van der Waals surface area contributed by atoms with Gasteiger partial charge >= 0.3 is 0 Å². The lowest BCUT2D eigenvalue weighted by atomic mass is 10.0. The monoisotopic (exact) mass is 266 g/mol. The topological polar surface area (TPSA) is 46.3 Å². The number of carbonyl (C=O) groups is 1. The Kier molecular flexibility index (Phi) is 3.81. The van der Waals surface area contributed by atoms with Crippen LogP contribution in [0.5, 0.6) is 0 Å². The van der Waals surface area contributed by atoms with Gasteiger partial charge in [0, 0.05) is 12.6 Å². The van der Waals surface area contributed by atoms with E-state index in [4.69, 9.17) is 17.3 Å². The van der Waals surface area contributed by atoms with Gasteiger partial charge in [-0.3, -0.25) is 4.79 Å². The van der Waals surface area contributed by atoms with Crippen LogP contribution in [-0.2, 0) is 0 Å². The third kappa shape index (κ3) is 2.32. The first kappa shape index (κ1) is 13.2. The van der Waals surface area contributed by atoms with Gasteiger partial charge in [0.25, 0.3) is 5.91 Å². The molecule has 1 aromatic carbocycles. The minimum Gasteiger partial charge on any atom is -0.398 e. The first-order valence-electron chi connectivity index (χ1n) is 6.37. The van der Waals surface area contributed by atoms with E-state index in [0.717, 1.165) is 19.4 Å². The Balaban J connectivity index is 2.28. The Labute approximate surface area is 113 Å². The molecular formula is C14H19ClN2O. The molecule has 0 spiro atoms. The van der Waals surface area contributed by atoms with E-state index < -0.39 is 0 Å². The molecule has 2 rings (SSSR count). The molecule has 4 heteroatoms. The van der Waals surface area contributed by atoms with Crippen molar-refractivity contribution in [2.75, 3.05) is 12.3 Å². The molecule has 1 atom stereocenters. The second-order valence-corrected chi connectivity index (χ2v) is 5.54. The maximum atomic E-state index is 12.5. The Morgan fingerprint density at radius 1 is 1.50 bits per heavy atom. The van der Waals surface area contributed by atoms with Crippen LogP contribution in [0.1, 0.15) is 37.0 Å². The van der Waals surface area contributed by atoms with E-state index >= 15 is 0 Å². The molecule has 0 bridgehead atoms. The van der Waals surface area contributed by atoms with Crippen molar-refractivity contribution >= 4 is 23.2 Å². The van der Waals surface area contributed by atoms with Gasteiger partial charge in [-0.05, 0) is 30.9 Å². The number of hydrogen-bond donors (Lipinski definition) is 1. The normalized spacial score (nSPS) is 19.6. The fraction of sp³-hybridized carbons (Fsp3) is 0.500. The number of halogens is 1. The zero-order chi connectivity index (χ0) is 13.3. The molecule has 1 fully saturated rings. The number of nitrogen functional groups attached to an aromatic ring is 1. The van der Waals surface area contributed by atoms with E-state index in [9.17, 15) is 4.79 Å². The predicted molar refractivity (Wildman–Crippen MR) is 74.8 cm³/mol. The molecule has 1 aliphatic rings. The van der Waals surface area contributed by atoms with Crippen LogP contribution in [0.3, 0.4) is 0 Å². The van der Waals surface area contributed by atoms with Gasteiger partial charge in [-0.1, -0.05) is 31.5 Å². The van der Waals surface area contributed by atoms with Crippen molar-refractivity contribution in [1.29, 1.82) is 0 Å². The highest BCUT2D eigenvalue weighted by atomic mass is 35.5. The number of likely N-dealkylation sites (tertiary alicyclic amines) is 1. The molecule has 1 saturated heterocycles. The van der Waals surface area contributed by atoms with Crippen molar-refractivity contribution in [3.8, 4) is 0 Å². The van der Waals surface area contributed by atoms with Crippen molar-refractivity contribution in [3.63, 3.8) is 0 Å². The molecule has 1 unspecified atom stereocenters. The lowest BCUT2D eigenvalue weighted by Crippen LogP contribution is -2.38. The second-order valence-electron chi connectivity index (χ2n) is 5.16. The maximum absolute atomic E-state index is 12.5. The Hall–Kier alpha value is -1.22. The summed E-state index contributed by atoms with van der Waals surface area (Å²) in [5.41, 5.74) is 6.73. The van der Waals surface area contributed by atoms with Gasteiger partial charge < -0.3 is 10.6 Å². The molecule has 0 aromatic heterocycles. The highest BCUT2D eigenvalue weighted by Gasteiger charge is 2.32. The summed E-state index contributed by atoms with van der Waals surface area (Å²) in [5.74, 6) is 0.472. The van der Waals surface area contributed by atoms with Gasteiger partial charge in [0.15, 0.2) is 0 Å². The van der Waals surface area contributed by atoms with Crippen LogP contribution in [0.15, 0.2) is 18.2 Å². The van der Waals surface area contributed by atoms with Crippen molar-refractivity contribution in [3.05, 3.63) is 28.8 Å². The Morgan fingerprint density at radius 3 is 2.89 bits per heavy atom. The van der Waals surface area contributed by atoms with Crippen LogP contribution in [0.2, 0.25) is 5.02 Å². The third-order valence-corrected chi connectivity index (χ3v) is 4.01. The van der Waals surface area contributed by atoms with Gasteiger partial charge in [-0.2, -0.15) is 0 Å². The minimum absolute atomic E-state index is 0.00324. The van der Waals surface area contributed by atoms with Crippen LogP contribution in [0, 0.1) is 5.92 Å². The maximum Gasteiger partial charge on any atom is 0.255 e. The average molecular weight is 267 g/mol. The molecule has 0 radical (unpaired) electrons. The zero-order valence-corrected chi connectivity index (χ0v) is 11.6. The van der Waals surface area contributed by atoms with Crippen LogP contribution < -0.4 is 5.73 Å². The summed E-state index contributed by atoms with van der Waals surface area (Å²) in [6.07, 6.45) is 2.14. The van der Waals surface area contributed by atoms with Crippen molar-refractivity contribution < 1.29 is 4.79 Å². The smallest absolute Gasteiger partial charge is 0.255 e. The van der Waals surface area contributed by atoms with Crippen molar-refractivity contribution in [2.45, 2.75) is 32.7 Å². The van der Waals surface area contributed by atoms with E-state index in [2.05, 4.69) is 13.8 Å². The van der Waals surface area contributed by atoms with Crippen LogP contribution in [0.25, 0.3) is 0 Å². The highest BCUT2D eigenvalue weighted by Crippen LogP contribution is 2.29. The number of hydrogen-bond acceptors (Lipinski definition) is 2. The molecule has 1 aromatic rings. The van der Waals surface area contributed by atoms with Gasteiger partial charge in [0.2, 0.25) is 0 Å². The molecule has 18 heavy (non-hydrogen) atoms. The van der Waals surface area contributed by atoms with Gasteiger partial charge in [-0.25, -0.2) is 0 Å². The first-order valence-corrected chi connectivity index (χ1v) is 6.75. The van der Waals surface area contributed by atoms with E-state index in [1.165, 1.54) is 0 Å². The van der Waals surface area contributed by atoms with Crippen molar-refractivity contribution in [1.82, 2.24) is 4.90 Å². The number of rotatable bonds is 2. The summed E-state index contributed by atoms with van der Waals surface area (Å²) in [5, 5.41) is 0.372. The predicted octanol–water partition coefficient (Wildman–Crippen LogP) is 3.18. The molecule has 0 aliphatic carbocycles. The molecule has 98 valence electrons. The van der Waals surface area contributed by atoms with Crippen LogP contribution >= 0.6 is 11.6 Å². The number of anilines is 1. The largest absolute Gasteiger partial charge is 0.398 e. The molecule has 1 heterocycles. The lowest BCUT2D eigenvalue weighted by Gasteiger charge is -2.28. The van der Waals surface area contributed by atoms with Crippen LogP contribution in [-0.4, -0.2) is 23.4 Å². The Bertz CT molecular complexity index is 459. The van der Waals surface area contributed by atoms with Crippen molar-refractivity contribution in [2.24, 2.45) is 5.92 Å². The molecule has 1 amide bonds. The van der Waals surface area contributed by atoms with Gasteiger partial charge in [0.1, 0.15) is 0 Å². The first-order chi connectivity index (χ1) is 8.52. The summed E-state index contributed by atoms with van der Waals surface area (Å²) < 4.78 is 0. The van der Waals surface area contributed by atoms with Gasteiger partial charge in [0.05, 0.1) is 16.3 Å². The molecule has 1 aliphatic heterocycles. The summed E-state index contributed by atoms with van der Waals surface area (Å²) in [4.78, 5) is 14.5. The number of nitrogens with two attached hydrogens (primary N) is 1. The average Bonchev–Trinajstić information content (AvgIpc) is 2.81. The van der Waals surface area contributed by atoms with E-state index in [-0.39, 0.29) is 5.91 Å². The second kappa shape index (κ2) is 5.19. The lowest BCUT2D eigenvalue weighted by molar-refractivity contribution is 0.0702. The zero-order valence-electron chi connectivity index (χ0n) is 10.8. The SMILES string of the molecule is CC(C)C1CCCN1C(=O)c1cccc(N)c1Cl. The molecular weight excluding hydrogens is 248 g/mol. The quantitative estimate of drug-likeness (QED) is 0.836. The minimum atomic E-state index is 0.00324. The van der Waals surface area contributed by atoms with E-state index in [1.54, 1.807) is 18.2 Å². The summed E-state index contributed by atoms with van der Waals surface area (Å²) in [6.45, 7) is 5.11.